The van der Waals surface area contributed by atoms with E-state index in [1.807, 2.05) is 23.6 Å². The maximum Gasteiger partial charge on any atom is 0.240 e. The second kappa shape index (κ2) is 5.24. The van der Waals surface area contributed by atoms with E-state index in [-0.39, 0.29) is 11.8 Å². The molecule has 2 saturated heterocycles. The normalized spacial score (nSPS) is 24.8. The summed E-state index contributed by atoms with van der Waals surface area (Å²) < 4.78 is 0. The number of hydrogen-bond acceptors (Lipinski definition) is 4. The molecule has 0 aliphatic carbocycles. The van der Waals surface area contributed by atoms with Gasteiger partial charge in [-0.25, -0.2) is 0 Å². The molecule has 18 heavy (non-hydrogen) atoms. The molecule has 6 heteroatoms. The molecule has 2 fully saturated rings. The van der Waals surface area contributed by atoms with Gasteiger partial charge in [-0.1, -0.05) is 0 Å². The van der Waals surface area contributed by atoms with Crippen molar-refractivity contribution in [1.82, 2.24) is 20.4 Å². The summed E-state index contributed by atoms with van der Waals surface area (Å²) >= 11 is 0. The topological polar surface area (TPSA) is 64.7 Å². The van der Waals surface area contributed by atoms with Gasteiger partial charge in [0.1, 0.15) is 0 Å². The van der Waals surface area contributed by atoms with Crippen LogP contribution in [0.5, 0.6) is 0 Å². The van der Waals surface area contributed by atoms with E-state index in [0.717, 1.165) is 32.7 Å². The molecule has 6 nitrogen and oxygen atoms in total. The van der Waals surface area contributed by atoms with Crippen molar-refractivity contribution in [3.63, 3.8) is 0 Å². The minimum absolute atomic E-state index is 0.00172. The maximum atomic E-state index is 12.2. The maximum absolute atomic E-state index is 12.2. The van der Waals surface area contributed by atoms with Gasteiger partial charge in [0, 0.05) is 39.3 Å². The number of nitrogens with zero attached hydrogens (tertiary/aromatic N) is 2. The second-order valence-electron chi connectivity index (χ2n) is 5.37. The van der Waals surface area contributed by atoms with E-state index < -0.39 is 5.54 Å². The highest BCUT2D eigenvalue weighted by Gasteiger charge is 2.38. The Morgan fingerprint density at radius 1 is 1.22 bits per heavy atom. The van der Waals surface area contributed by atoms with Crippen LogP contribution in [-0.2, 0) is 9.59 Å². The molecule has 0 aromatic carbocycles. The largest absolute Gasteiger partial charge is 0.353 e. The fraction of sp³-hybridized carbons (Fsp3) is 0.833. The first kappa shape index (κ1) is 13.3. The molecular formula is C12H22N4O2. The number of hydrogen-bond donors (Lipinski definition) is 2. The molecule has 0 radical (unpaired) electrons. The monoisotopic (exact) mass is 254 g/mol. The summed E-state index contributed by atoms with van der Waals surface area (Å²) in [5.74, 6) is 0.126. The molecule has 102 valence electrons. The predicted molar refractivity (Wildman–Crippen MR) is 68.1 cm³/mol. The second-order valence-corrected chi connectivity index (χ2v) is 5.37. The Balaban J connectivity index is 1.95. The Hall–Kier alpha value is -1.14. The molecule has 0 atom stereocenters. The minimum Gasteiger partial charge on any atom is -0.353 e. The quantitative estimate of drug-likeness (QED) is 0.638. The van der Waals surface area contributed by atoms with Crippen LogP contribution >= 0.6 is 0 Å². The van der Waals surface area contributed by atoms with Crippen LogP contribution in [-0.4, -0.2) is 73.0 Å². The zero-order valence-electron chi connectivity index (χ0n) is 11.2. The van der Waals surface area contributed by atoms with Crippen LogP contribution in [0.4, 0.5) is 0 Å². The smallest absolute Gasteiger partial charge is 0.240 e. The van der Waals surface area contributed by atoms with Gasteiger partial charge in [0.15, 0.2) is 0 Å². The van der Waals surface area contributed by atoms with Gasteiger partial charge in [0.05, 0.1) is 12.1 Å². The van der Waals surface area contributed by atoms with E-state index in [2.05, 4.69) is 10.6 Å². The highest BCUT2D eigenvalue weighted by atomic mass is 16.2. The zero-order chi connectivity index (χ0) is 13.2. The van der Waals surface area contributed by atoms with Gasteiger partial charge in [-0.2, -0.15) is 0 Å². The lowest BCUT2D eigenvalue weighted by Gasteiger charge is -2.41. The van der Waals surface area contributed by atoms with Gasteiger partial charge < -0.3 is 15.5 Å². The molecule has 2 aliphatic rings. The summed E-state index contributed by atoms with van der Waals surface area (Å²) in [4.78, 5) is 27.8. The fourth-order valence-corrected chi connectivity index (χ4v) is 2.40. The fourth-order valence-electron chi connectivity index (χ4n) is 2.40. The number of carbonyl (C=O) groups is 2. The highest BCUT2D eigenvalue weighted by Crippen LogP contribution is 2.17. The average Bonchev–Trinajstić information content (AvgIpc) is 2.36. The van der Waals surface area contributed by atoms with Crippen molar-refractivity contribution < 1.29 is 9.59 Å². The van der Waals surface area contributed by atoms with Crippen molar-refractivity contribution in [2.45, 2.75) is 19.4 Å². The Morgan fingerprint density at radius 3 is 2.56 bits per heavy atom. The summed E-state index contributed by atoms with van der Waals surface area (Å²) in [6.07, 6.45) is 0. The first-order valence-electron chi connectivity index (χ1n) is 6.53. The number of amides is 2. The third kappa shape index (κ3) is 2.64. The molecule has 0 aromatic rings. The van der Waals surface area contributed by atoms with Gasteiger partial charge in [-0.05, 0) is 13.8 Å². The Bertz CT molecular complexity index is 337. The van der Waals surface area contributed by atoms with Gasteiger partial charge in [0.2, 0.25) is 11.8 Å². The van der Waals surface area contributed by atoms with Gasteiger partial charge in [-0.3, -0.25) is 14.5 Å². The van der Waals surface area contributed by atoms with Crippen LogP contribution in [0.15, 0.2) is 0 Å². The van der Waals surface area contributed by atoms with Crippen LogP contribution in [0, 0.1) is 0 Å². The zero-order valence-corrected chi connectivity index (χ0v) is 11.2. The SMILES string of the molecule is CC1(C)C(=O)NCCN1CC(=O)N1CCNCC1. The third-order valence-corrected chi connectivity index (χ3v) is 3.81. The first-order chi connectivity index (χ1) is 8.51. The van der Waals surface area contributed by atoms with Crippen LogP contribution in [0.1, 0.15) is 13.8 Å². The first-order valence-corrected chi connectivity index (χ1v) is 6.53. The summed E-state index contributed by atoms with van der Waals surface area (Å²) in [5, 5.41) is 6.06. The summed E-state index contributed by atoms with van der Waals surface area (Å²) in [6.45, 7) is 8.66. The molecule has 2 heterocycles. The molecule has 2 amide bonds. The van der Waals surface area contributed by atoms with Crippen molar-refractivity contribution in [3.05, 3.63) is 0 Å². The minimum atomic E-state index is -0.595. The summed E-state index contributed by atoms with van der Waals surface area (Å²) in [6, 6.07) is 0. The van der Waals surface area contributed by atoms with E-state index in [4.69, 9.17) is 0 Å². The van der Waals surface area contributed by atoms with Crippen LogP contribution in [0.2, 0.25) is 0 Å². The average molecular weight is 254 g/mol. The van der Waals surface area contributed by atoms with Crippen molar-refractivity contribution in [3.8, 4) is 0 Å². The van der Waals surface area contributed by atoms with E-state index in [9.17, 15) is 9.59 Å². The van der Waals surface area contributed by atoms with Gasteiger partial charge >= 0.3 is 0 Å². The number of piperazine rings is 2. The lowest BCUT2D eigenvalue weighted by atomic mass is 9.99. The lowest BCUT2D eigenvalue weighted by Crippen LogP contribution is -2.63. The van der Waals surface area contributed by atoms with Crippen molar-refractivity contribution in [1.29, 1.82) is 0 Å². The molecule has 2 aliphatic heterocycles. The van der Waals surface area contributed by atoms with Crippen molar-refractivity contribution >= 4 is 11.8 Å². The number of nitrogens with one attached hydrogen (secondary N) is 2. The summed E-state index contributed by atoms with van der Waals surface area (Å²) in [5.41, 5.74) is -0.595. The molecule has 0 saturated carbocycles. The number of rotatable bonds is 2. The lowest BCUT2D eigenvalue weighted by molar-refractivity contribution is -0.141. The van der Waals surface area contributed by atoms with Crippen molar-refractivity contribution in [2.24, 2.45) is 0 Å². The standard InChI is InChI=1S/C12H22N4O2/c1-12(2)11(18)14-5-8-16(12)9-10(17)15-6-3-13-4-7-15/h13H,3-9H2,1-2H3,(H,14,18). The van der Waals surface area contributed by atoms with Gasteiger partial charge in [-0.15, -0.1) is 0 Å². The highest BCUT2D eigenvalue weighted by molar-refractivity contribution is 5.87. The van der Waals surface area contributed by atoms with Crippen LogP contribution < -0.4 is 10.6 Å². The molecule has 0 aromatic heterocycles. The molecule has 2 N–H and O–H groups in total. The Kier molecular flexibility index (Phi) is 3.87. The molecule has 0 bridgehead atoms. The van der Waals surface area contributed by atoms with Gasteiger partial charge in [0.25, 0.3) is 0 Å². The van der Waals surface area contributed by atoms with Crippen LogP contribution in [0.3, 0.4) is 0 Å². The summed E-state index contributed by atoms with van der Waals surface area (Å²) in [7, 11) is 0. The van der Waals surface area contributed by atoms with E-state index >= 15 is 0 Å². The molecular weight excluding hydrogens is 232 g/mol. The van der Waals surface area contributed by atoms with E-state index in [1.165, 1.54) is 0 Å². The van der Waals surface area contributed by atoms with Crippen LogP contribution in [0.25, 0.3) is 0 Å². The van der Waals surface area contributed by atoms with E-state index in [0.29, 0.717) is 13.1 Å². The molecule has 0 unspecified atom stereocenters. The predicted octanol–water partition coefficient (Wildman–Crippen LogP) is -1.37. The molecule has 2 rings (SSSR count). The third-order valence-electron chi connectivity index (χ3n) is 3.81. The number of carbonyl (C=O) groups excluding carboxylic acids is 2. The Morgan fingerprint density at radius 2 is 1.89 bits per heavy atom. The van der Waals surface area contributed by atoms with Crippen molar-refractivity contribution in [2.75, 3.05) is 45.8 Å². The van der Waals surface area contributed by atoms with E-state index in [1.54, 1.807) is 0 Å². The molecule has 0 spiro atoms. The Labute approximate surface area is 108 Å².